The Balaban J connectivity index is 1.20. The van der Waals surface area contributed by atoms with Crippen LogP contribution in [0.4, 0.5) is 4.79 Å². The van der Waals surface area contributed by atoms with Gasteiger partial charge >= 0.3 is 13.2 Å². The van der Waals surface area contributed by atoms with Crippen LogP contribution in [0, 0.1) is 0 Å². The molecular weight excluding hydrogens is 489 g/mol. The summed E-state index contributed by atoms with van der Waals surface area (Å²) in [4.78, 5) is 13.0. The van der Waals surface area contributed by atoms with E-state index in [-0.39, 0.29) is 19.1 Å². The van der Waals surface area contributed by atoms with Crippen LogP contribution in [0.1, 0.15) is 50.3 Å². The number of carbonyl (C=O) groups is 1. The van der Waals surface area contributed by atoms with E-state index in [0.29, 0.717) is 0 Å². The molecule has 0 atom stereocenters. The van der Waals surface area contributed by atoms with E-state index in [4.69, 9.17) is 14.0 Å². The van der Waals surface area contributed by atoms with Gasteiger partial charge in [0.15, 0.2) is 0 Å². The van der Waals surface area contributed by atoms with Gasteiger partial charge in [0.1, 0.15) is 6.61 Å². The highest BCUT2D eigenvalue weighted by molar-refractivity contribution is 6.56. The molecule has 198 valence electrons. The maximum atomic E-state index is 13.0. The number of hydrogen-bond acceptors (Lipinski definition) is 5. The van der Waals surface area contributed by atoms with E-state index in [1.807, 2.05) is 76.2 Å². The summed E-state index contributed by atoms with van der Waals surface area (Å²) in [6.07, 6.45) is 3.29. The Morgan fingerprint density at radius 2 is 1.62 bits per heavy atom. The minimum Gasteiger partial charge on any atom is -0.449 e. The van der Waals surface area contributed by atoms with Crippen molar-refractivity contribution in [3.05, 3.63) is 95.1 Å². The van der Waals surface area contributed by atoms with Crippen LogP contribution in [0.5, 0.6) is 0 Å². The molecule has 1 saturated heterocycles. The largest absolute Gasteiger partial charge is 0.492 e. The zero-order chi connectivity index (χ0) is 27.2. The lowest BCUT2D eigenvalue weighted by molar-refractivity contribution is 0.00578. The smallest absolute Gasteiger partial charge is 0.449 e. The van der Waals surface area contributed by atoms with Gasteiger partial charge in [-0.25, -0.2) is 4.79 Å². The van der Waals surface area contributed by atoms with Crippen molar-refractivity contribution in [1.82, 2.24) is 15.5 Å². The number of H-pyrrole nitrogens is 1. The first-order valence-electron chi connectivity index (χ1n) is 13.3. The number of nitrogens with one attached hydrogen (secondary N) is 2. The van der Waals surface area contributed by atoms with Crippen molar-refractivity contribution in [2.24, 2.45) is 0 Å². The van der Waals surface area contributed by atoms with Crippen LogP contribution >= 0.6 is 0 Å². The zero-order valence-corrected chi connectivity index (χ0v) is 22.7. The number of hydrogen-bond donors (Lipinski definition) is 2. The van der Waals surface area contributed by atoms with E-state index < -0.39 is 24.4 Å². The Morgan fingerprint density at radius 3 is 2.28 bits per heavy atom. The third kappa shape index (κ3) is 4.64. The van der Waals surface area contributed by atoms with Crippen molar-refractivity contribution in [1.29, 1.82) is 0 Å². The molecule has 0 unspecified atom stereocenters. The van der Waals surface area contributed by atoms with Gasteiger partial charge in [-0.1, -0.05) is 72.8 Å². The summed E-state index contributed by atoms with van der Waals surface area (Å²) in [6, 6.07) is 22.6. The predicted octanol–water partition coefficient (Wildman–Crippen LogP) is 6.12. The number of rotatable bonds is 6. The van der Waals surface area contributed by atoms with Crippen LogP contribution in [0.25, 0.3) is 28.1 Å². The molecule has 1 aliphatic carbocycles. The lowest BCUT2D eigenvalue weighted by Crippen LogP contribution is -2.41. The number of ether oxygens (including phenoxy) is 1. The van der Waals surface area contributed by atoms with Gasteiger partial charge in [-0.3, -0.25) is 5.10 Å². The number of benzene rings is 3. The molecule has 1 aliphatic heterocycles. The number of nitrogens with zero attached hydrogens (tertiary/aromatic N) is 1. The van der Waals surface area contributed by atoms with Gasteiger partial charge in [0.25, 0.3) is 0 Å². The lowest BCUT2D eigenvalue weighted by atomic mass is 9.77. The van der Waals surface area contributed by atoms with Gasteiger partial charge < -0.3 is 19.4 Å². The van der Waals surface area contributed by atoms with Gasteiger partial charge in [0, 0.05) is 17.8 Å². The summed E-state index contributed by atoms with van der Waals surface area (Å²) in [5, 5.41) is 11.2. The molecule has 8 heteroatoms. The van der Waals surface area contributed by atoms with E-state index >= 15 is 0 Å². The molecular formula is C31H32BN3O4. The lowest BCUT2D eigenvalue weighted by Gasteiger charge is -2.32. The summed E-state index contributed by atoms with van der Waals surface area (Å²) in [5.74, 6) is -0.000703. The van der Waals surface area contributed by atoms with Crippen LogP contribution in [-0.4, -0.2) is 47.8 Å². The Morgan fingerprint density at radius 1 is 0.974 bits per heavy atom. The molecule has 1 amide bonds. The highest BCUT2D eigenvalue weighted by Gasteiger charge is 2.52. The van der Waals surface area contributed by atoms with Gasteiger partial charge in [0.05, 0.1) is 22.9 Å². The first-order valence-corrected chi connectivity index (χ1v) is 13.3. The average molecular weight is 521 g/mol. The number of aromatic nitrogens is 2. The highest BCUT2D eigenvalue weighted by Crippen LogP contribution is 2.44. The second-order valence-corrected chi connectivity index (χ2v) is 11.2. The van der Waals surface area contributed by atoms with Crippen LogP contribution in [0.2, 0.25) is 0 Å². The van der Waals surface area contributed by atoms with E-state index in [0.717, 1.165) is 21.9 Å². The predicted molar refractivity (Wildman–Crippen MR) is 153 cm³/mol. The summed E-state index contributed by atoms with van der Waals surface area (Å²) in [7, 11) is -0.623. The van der Waals surface area contributed by atoms with Crippen molar-refractivity contribution >= 4 is 30.2 Å². The SMILES string of the molecule is CC1(C)OB(C(=Cc2cccc3cn[nH]c23)CNC(=O)OCC2c3ccccc3-c3ccccc32)OC1(C)C. The van der Waals surface area contributed by atoms with Crippen molar-refractivity contribution in [2.75, 3.05) is 13.2 Å². The highest BCUT2D eigenvalue weighted by atomic mass is 16.7. The maximum Gasteiger partial charge on any atom is 0.492 e. The molecule has 0 saturated carbocycles. The molecule has 1 fully saturated rings. The van der Waals surface area contributed by atoms with Crippen LogP contribution < -0.4 is 5.32 Å². The summed E-state index contributed by atoms with van der Waals surface area (Å²) < 4.78 is 18.4. The standard InChI is InChI=1S/C31H32BN3O4/c1-30(2)31(3,4)39-32(38-30)22(16-20-10-9-11-21-17-34-35-28(20)21)18-33-29(36)37-19-27-25-14-7-5-12-23(25)24-13-6-8-15-26(24)27/h5-17,27H,18-19H2,1-4H3,(H,33,36)(H,34,35). The summed E-state index contributed by atoms with van der Waals surface area (Å²) >= 11 is 0. The van der Waals surface area contributed by atoms with E-state index in [9.17, 15) is 4.79 Å². The zero-order valence-electron chi connectivity index (χ0n) is 22.7. The molecule has 2 N–H and O–H groups in total. The normalized spacial score (nSPS) is 17.7. The fourth-order valence-corrected chi connectivity index (χ4v) is 5.33. The molecule has 3 aromatic carbocycles. The Hall–Kier alpha value is -3.88. The van der Waals surface area contributed by atoms with E-state index in [1.54, 1.807) is 6.20 Å². The molecule has 0 bridgehead atoms. The second-order valence-electron chi connectivity index (χ2n) is 11.2. The van der Waals surface area contributed by atoms with Crippen molar-refractivity contribution in [3.8, 4) is 11.1 Å². The number of para-hydroxylation sites is 1. The molecule has 1 aromatic heterocycles. The number of amides is 1. The Kier molecular flexibility index (Phi) is 6.32. The van der Waals surface area contributed by atoms with Crippen LogP contribution in [0.3, 0.4) is 0 Å². The van der Waals surface area contributed by atoms with Crippen molar-refractivity contribution in [2.45, 2.75) is 44.8 Å². The molecule has 2 heterocycles. The second kappa shape index (κ2) is 9.70. The fraction of sp³-hybridized carbons (Fsp3) is 0.290. The third-order valence-corrected chi connectivity index (χ3v) is 8.19. The molecule has 6 rings (SSSR count). The number of aromatic amines is 1. The Bertz CT molecular complexity index is 1510. The quantitative estimate of drug-likeness (QED) is 0.299. The molecule has 0 radical (unpaired) electrons. The monoisotopic (exact) mass is 521 g/mol. The number of fused-ring (bicyclic) bond motifs is 4. The van der Waals surface area contributed by atoms with Crippen molar-refractivity contribution < 1.29 is 18.8 Å². The average Bonchev–Trinajstić information content (AvgIpc) is 3.58. The Labute approximate surface area is 228 Å². The first-order chi connectivity index (χ1) is 18.7. The molecule has 39 heavy (non-hydrogen) atoms. The maximum absolute atomic E-state index is 13.0. The molecule has 0 spiro atoms. The fourth-order valence-electron chi connectivity index (χ4n) is 5.33. The summed E-state index contributed by atoms with van der Waals surface area (Å²) in [5.41, 5.74) is 6.35. The number of alkyl carbamates (subject to hydrolysis) is 1. The van der Waals surface area contributed by atoms with Gasteiger partial charge in [0.2, 0.25) is 0 Å². The molecule has 7 nitrogen and oxygen atoms in total. The van der Waals surface area contributed by atoms with E-state index in [2.05, 4.69) is 39.8 Å². The minimum absolute atomic E-state index is 0.000703. The molecule has 2 aliphatic rings. The van der Waals surface area contributed by atoms with Gasteiger partial charge in [-0.2, -0.15) is 5.10 Å². The third-order valence-electron chi connectivity index (χ3n) is 8.19. The minimum atomic E-state index is -0.623. The topological polar surface area (TPSA) is 85.5 Å². The van der Waals surface area contributed by atoms with E-state index in [1.165, 1.54) is 22.3 Å². The van der Waals surface area contributed by atoms with Gasteiger partial charge in [-0.15, -0.1) is 0 Å². The first kappa shape index (κ1) is 25.4. The van der Waals surface area contributed by atoms with Crippen LogP contribution in [-0.2, 0) is 14.0 Å². The van der Waals surface area contributed by atoms with Gasteiger partial charge in [-0.05, 0) is 61.0 Å². The van der Waals surface area contributed by atoms with Crippen molar-refractivity contribution in [3.63, 3.8) is 0 Å². The van der Waals surface area contributed by atoms with Crippen LogP contribution in [0.15, 0.2) is 78.4 Å². The molecule has 4 aromatic rings. The number of carbonyl (C=O) groups excluding carboxylic acids is 1. The summed E-state index contributed by atoms with van der Waals surface area (Å²) in [6.45, 7) is 8.51.